The summed E-state index contributed by atoms with van der Waals surface area (Å²) in [5, 5.41) is 10.2. The number of carbonyl (C=O) groups is 1. The number of aliphatic carboxylic acids is 1. The number of benzene rings is 3. The lowest BCUT2D eigenvalue weighted by molar-refractivity contribution is -0.148. The minimum absolute atomic E-state index is 0.240. The lowest BCUT2D eigenvalue weighted by Gasteiger charge is -2.30. The summed E-state index contributed by atoms with van der Waals surface area (Å²) < 4.78 is 11.3. The van der Waals surface area contributed by atoms with Crippen LogP contribution in [-0.4, -0.2) is 24.3 Å². The van der Waals surface area contributed by atoms with Crippen LogP contribution in [0.2, 0.25) is 0 Å². The molecule has 0 amide bonds. The molecular formula is C27H30O4. The van der Waals surface area contributed by atoms with E-state index in [1.54, 1.807) is 7.11 Å². The van der Waals surface area contributed by atoms with Crippen molar-refractivity contribution in [1.82, 2.24) is 0 Å². The molecule has 0 aliphatic rings. The molecule has 0 saturated heterocycles. The van der Waals surface area contributed by atoms with Gasteiger partial charge in [0.1, 0.15) is 5.75 Å². The van der Waals surface area contributed by atoms with Crippen molar-refractivity contribution >= 4 is 5.97 Å². The van der Waals surface area contributed by atoms with Gasteiger partial charge in [-0.3, -0.25) is 4.79 Å². The van der Waals surface area contributed by atoms with Gasteiger partial charge in [-0.2, -0.15) is 0 Å². The second-order valence-corrected chi connectivity index (χ2v) is 7.94. The van der Waals surface area contributed by atoms with Gasteiger partial charge in [0.15, 0.2) is 0 Å². The van der Waals surface area contributed by atoms with Gasteiger partial charge in [-0.25, -0.2) is 0 Å². The van der Waals surface area contributed by atoms with Crippen molar-refractivity contribution in [1.29, 1.82) is 0 Å². The Hall–Kier alpha value is -3.11. The van der Waals surface area contributed by atoms with Crippen LogP contribution in [0.5, 0.6) is 5.75 Å². The van der Waals surface area contributed by atoms with E-state index >= 15 is 0 Å². The van der Waals surface area contributed by atoms with Gasteiger partial charge >= 0.3 is 5.97 Å². The molecule has 0 aromatic heterocycles. The zero-order chi connectivity index (χ0) is 22.2. The van der Waals surface area contributed by atoms with E-state index in [2.05, 4.69) is 12.1 Å². The minimum Gasteiger partial charge on any atom is -0.497 e. The number of carboxylic acids is 1. The molecule has 0 radical (unpaired) electrons. The number of hydrogen-bond acceptors (Lipinski definition) is 3. The molecule has 0 aliphatic heterocycles. The Morgan fingerprint density at radius 1 is 0.935 bits per heavy atom. The molecule has 31 heavy (non-hydrogen) atoms. The number of ether oxygens (including phenoxy) is 2. The van der Waals surface area contributed by atoms with E-state index in [4.69, 9.17) is 9.47 Å². The molecule has 1 N–H and O–H groups in total. The summed E-state index contributed by atoms with van der Waals surface area (Å²) in [5.74, 6) is -1.04. The van der Waals surface area contributed by atoms with Gasteiger partial charge in [0.25, 0.3) is 0 Å². The quantitative estimate of drug-likeness (QED) is 0.463. The van der Waals surface area contributed by atoms with Gasteiger partial charge < -0.3 is 14.6 Å². The van der Waals surface area contributed by atoms with Crippen molar-refractivity contribution < 1.29 is 19.4 Å². The highest BCUT2D eigenvalue weighted by atomic mass is 16.5. The maximum Gasteiger partial charge on any atom is 0.309 e. The largest absolute Gasteiger partial charge is 0.497 e. The van der Waals surface area contributed by atoms with Gasteiger partial charge in [0.2, 0.25) is 0 Å². The van der Waals surface area contributed by atoms with Gasteiger partial charge in [0.05, 0.1) is 25.7 Å². The van der Waals surface area contributed by atoms with Crippen molar-refractivity contribution in [3.8, 4) is 5.75 Å². The van der Waals surface area contributed by atoms with Crippen molar-refractivity contribution in [3.05, 3.63) is 101 Å². The molecule has 4 heteroatoms. The Morgan fingerprint density at radius 2 is 1.61 bits per heavy atom. The molecule has 3 rings (SSSR count). The smallest absolute Gasteiger partial charge is 0.309 e. The topological polar surface area (TPSA) is 55.8 Å². The van der Waals surface area contributed by atoms with Crippen LogP contribution in [-0.2, 0) is 22.6 Å². The molecule has 0 aliphatic carbocycles. The third-order valence-electron chi connectivity index (χ3n) is 5.66. The first kappa shape index (κ1) is 22.6. The molecule has 3 atom stereocenters. The second-order valence-electron chi connectivity index (χ2n) is 7.94. The van der Waals surface area contributed by atoms with E-state index in [9.17, 15) is 9.90 Å². The summed E-state index contributed by atoms with van der Waals surface area (Å²) in [5.41, 5.74) is 4.26. The fourth-order valence-electron chi connectivity index (χ4n) is 4.00. The van der Waals surface area contributed by atoms with Crippen LogP contribution in [0.25, 0.3) is 0 Å². The Morgan fingerprint density at radius 3 is 2.23 bits per heavy atom. The highest BCUT2D eigenvalue weighted by molar-refractivity contribution is 5.72. The Balaban J connectivity index is 1.89. The average molecular weight is 419 g/mol. The summed E-state index contributed by atoms with van der Waals surface area (Å²) in [6, 6.07) is 25.7. The molecule has 3 aromatic rings. The summed E-state index contributed by atoms with van der Waals surface area (Å²) in [7, 11) is 1.62. The summed E-state index contributed by atoms with van der Waals surface area (Å²) in [6.07, 6.45) is 0.152. The molecule has 0 saturated carbocycles. The van der Waals surface area contributed by atoms with Crippen molar-refractivity contribution in [2.75, 3.05) is 7.11 Å². The summed E-state index contributed by atoms with van der Waals surface area (Å²) >= 11 is 0. The van der Waals surface area contributed by atoms with E-state index in [-0.39, 0.29) is 5.92 Å². The molecule has 1 unspecified atom stereocenters. The average Bonchev–Trinajstić information content (AvgIpc) is 2.78. The molecular weight excluding hydrogens is 388 g/mol. The first-order chi connectivity index (χ1) is 15.0. The maximum absolute atomic E-state index is 12.4. The summed E-state index contributed by atoms with van der Waals surface area (Å²) in [4.78, 5) is 12.4. The molecule has 4 nitrogen and oxygen atoms in total. The molecule has 0 fully saturated rings. The predicted molar refractivity (Wildman–Crippen MR) is 122 cm³/mol. The standard InChI is InChI=1S/C27H30O4/c1-19-8-7-11-22(16-19)17-25(23-12-14-24(30-3)15-13-23)26(27(28)29)20(2)31-18-21-9-5-4-6-10-21/h4-16,20,25-26H,17-18H2,1-3H3,(H,28,29)/t20-,25?,26+/m0/s1. The van der Waals surface area contributed by atoms with Gasteiger partial charge in [-0.1, -0.05) is 72.3 Å². The number of carboxylic acid groups (broad SMARTS) is 1. The monoisotopic (exact) mass is 418 g/mol. The van der Waals surface area contributed by atoms with Crippen LogP contribution < -0.4 is 4.74 Å². The molecule has 0 heterocycles. The van der Waals surface area contributed by atoms with Crippen LogP contribution in [0.4, 0.5) is 0 Å². The van der Waals surface area contributed by atoms with Gasteiger partial charge in [-0.15, -0.1) is 0 Å². The number of hydrogen-bond donors (Lipinski definition) is 1. The molecule has 162 valence electrons. The van der Waals surface area contributed by atoms with Crippen molar-refractivity contribution in [2.24, 2.45) is 5.92 Å². The van der Waals surface area contributed by atoms with Gasteiger partial charge in [0, 0.05) is 5.92 Å². The Kier molecular flexibility index (Phi) is 7.85. The molecule has 3 aromatic carbocycles. The van der Waals surface area contributed by atoms with Crippen LogP contribution in [0, 0.1) is 12.8 Å². The maximum atomic E-state index is 12.4. The number of methoxy groups -OCH3 is 1. The Labute approximate surface area is 184 Å². The van der Waals surface area contributed by atoms with E-state index in [1.165, 1.54) is 0 Å². The fourth-order valence-corrected chi connectivity index (χ4v) is 4.00. The Bertz CT molecular complexity index is 966. The first-order valence-electron chi connectivity index (χ1n) is 10.6. The SMILES string of the molecule is COc1ccc(C(Cc2cccc(C)c2)[C@H](C(=O)O)[C@H](C)OCc2ccccc2)cc1. The predicted octanol–water partition coefficient (Wildman–Crippen LogP) is 5.64. The molecule has 0 bridgehead atoms. The van der Waals surface area contributed by atoms with Gasteiger partial charge in [-0.05, 0) is 49.1 Å². The highest BCUT2D eigenvalue weighted by Crippen LogP contribution is 2.34. The number of rotatable bonds is 10. The normalized spacial score (nSPS) is 13.9. The van der Waals surface area contributed by atoms with E-state index in [0.29, 0.717) is 13.0 Å². The van der Waals surface area contributed by atoms with Crippen LogP contribution in [0.1, 0.15) is 35.1 Å². The first-order valence-corrected chi connectivity index (χ1v) is 10.6. The van der Waals surface area contributed by atoms with Crippen molar-refractivity contribution in [2.45, 2.75) is 38.9 Å². The zero-order valence-corrected chi connectivity index (χ0v) is 18.3. The zero-order valence-electron chi connectivity index (χ0n) is 18.3. The minimum atomic E-state index is -0.853. The number of aryl methyl sites for hydroxylation is 1. The third-order valence-corrected chi connectivity index (χ3v) is 5.66. The third kappa shape index (κ3) is 6.19. The van der Waals surface area contributed by atoms with Crippen LogP contribution in [0.3, 0.4) is 0 Å². The van der Waals surface area contributed by atoms with Crippen molar-refractivity contribution in [3.63, 3.8) is 0 Å². The van der Waals surface area contributed by atoms with E-state index in [0.717, 1.165) is 28.0 Å². The second kappa shape index (κ2) is 10.8. The fraction of sp³-hybridized carbons (Fsp3) is 0.296. The highest BCUT2D eigenvalue weighted by Gasteiger charge is 2.35. The van der Waals surface area contributed by atoms with E-state index in [1.807, 2.05) is 80.6 Å². The molecule has 0 spiro atoms. The lowest BCUT2D eigenvalue weighted by Crippen LogP contribution is -2.34. The van der Waals surface area contributed by atoms with E-state index < -0.39 is 18.0 Å². The summed E-state index contributed by atoms with van der Waals surface area (Å²) in [6.45, 7) is 4.28. The van der Waals surface area contributed by atoms with Crippen LogP contribution in [0.15, 0.2) is 78.9 Å². The lowest BCUT2D eigenvalue weighted by atomic mass is 9.78. The van der Waals surface area contributed by atoms with Crippen LogP contribution >= 0.6 is 0 Å².